The smallest absolute Gasteiger partial charge is 0.335 e. The zero-order valence-corrected chi connectivity index (χ0v) is 11.6. The second-order valence-electron chi connectivity index (χ2n) is 4.80. The SMILES string of the molecule is O=C(O)c1ccc(F)c(Sc2cc(=O)[nH]c(C3CC3)n2)c1. The summed E-state index contributed by atoms with van der Waals surface area (Å²) in [5, 5.41) is 9.30. The van der Waals surface area contributed by atoms with Crippen LogP contribution in [0.5, 0.6) is 0 Å². The van der Waals surface area contributed by atoms with Crippen molar-refractivity contribution in [2.75, 3.05) is 0 Å². The van der Waals surface area contributed by atoms with Gasteiger partial charge in [-0.1, -0.05) is 11.8 Å². The molecule has 7 heteroatoms. The summed E-state index contributed by atoms with van der Waals surface area (Å²) in [6, 6.07) is 4.81. The molecule has 0 amide bonds. The number of aromatic nitrogens is 2. The van der Waals surface area contributed by atoms with E-state index in [9.17, 15) is 14.0 Å². The lowest BCUT2D eigenvalue weighted by Gasteiger charge is -2.05. The lowest BCUT2D eigenvalue weighted by molar-refractivity contribution is 0.0696. The molecule has 1 saturated carbocycles. The molecule has 1 aliphatic carbocycles. The van der Waals surface area contributed by atoms with Gasteiger partial charge in [0.15, 0.2) is 0 Å². The Kier molecular flexibility index (Phi) is 3.50. The number of rotatable bonds is 4. The summed E-state index contributed by atoms with van der Waals surface area (Å²) in [6.45, 7) is 0. The van der Waals surface area contributed by atoms with Gasteiger partial charge in [-0.2, -0.15) is 0 Å². The van der Waals surface area contributed by atoms with Crippen molar-refractivity contribution < 1.29 is 14.3 Å². The van der Waals surface area contributed by atoms with E-state index < -0.39 is 11.8 Å². The maximum absolute atomic E-state index is 13.8. The molecule has 1 heterocycles. The van der Waals surface area contributed by atoms with E-state index in [1.165, 1.54) is 18.2 Å². The Morgan fingerprint density at radius 2 is 2.14 bits per heavy atom. The highest BCUT2D eigenvalue weighted by Gasteiger charge is 2.26. The molecule has 1 aromatic carbocycles. The second-order valence-corrected chi connectivity index (χ2v) is 5.86. The molecule has 1 aromatic heterocycles. The normalized spacial score (nSPS) is 14.1. The molecule has 5 nitrogen and oxygen atoms in total. The summed E-state index contributed by atoms with van der Waals surface area (Å²) in [6.07, 6.45) is 1.97. The Morgan fingerprint density at radius 1 is 1.38 bits per heavy atom. The molecule has 0 spiro atoms. The van der Waals surface area contributed by atoms with Gasteiger partial charge >= 0.3 is 5.97 Å². The number of hydrogen-bond acceptors (Lipinski definition) is 4. The van der Waals surface area contributed by atoms with E-state index in [2.05, 4.69) is 9.97 Å². The van der Waals surface area contributed by atoms with Gasteiger partial charge < -0.3 is 10.1 Å². The van der Waals surface area contributed by atoms with E-state index in [1.54, 1.807) is 0 Å². The fourth-order valence-corrected chi connectivity index (χ4v) is 2.77. The standard InChI is InChI=1S/C14H11FN2O3S/c15-9-4-3-8(14(19)20)5-10(9)21-12-6-11(18)16-13(17-12)7-1-2-7/h3-7H,1-2H2,(H,19,20)(H,16,17,18). The van der Waals surface area contributed by atoms with Gasteiger partial charge in [-0.25, -0.2) is 14.2 Å². The highest BCUT2D eigenvalue weighted by Crippen LogP contribution is 2.38. The number of nitrogens with zero attached hydrogens (tertiary/aromatic N) is 1. The van der Waals surface area contributed by atoms with Crippen molar-refractivity contribution in [2.45, 2.75) is 28.7 Å². The Bertz CT molecular complexity index is 771. The van der Waals surface area contributed by atoms with Crippen molar-refractivity contribution in [3.8, 4) is 0 Å². The number of carbonyl (C=O) groups is 1. The molecule has 0 unspecified atom stereocenters. The van der Waals surface area contributed by atoms with Crippen LogP contribution in [0.2, 0.25) is 0 Å². The lowest BCUT2D eigenvalue weighted by atomic mass is 10.2. The van der Waals surface area contributed by atoms with Crippen LogP contribution in [0.15, 0.2) is 39.0 Å². The second kappa shape index (κ2) is 5.33. The minimum atomic E-state index is -1.13. The zero-order valence-electron chi connectivity index (χ0n) is 10.8. The molecule has 0 aliphatic heterocycles. The molecule has 0 radical (unpaired) electrons. The van der Waals surface area contributed by atoms with Crippen LogP contribution in [0.3, 0.4) is 0 Å². The number of carboxylic acid groups (broad SMARTS) is 1. The van der Waals surface area contributed by atoms with Crippen molar-refractivity contribution in [1.82, 2.24) is 9.97 Å². The number of halogens is 1. The number of hydrogen-bond donors (Lipinski definition) is 2. The van der Waals surface area contributed by atoms with Crippen LogP contribution in [0.1, 0.15) is 34.9 Å². The fourth-order valence-electron chi connectivity index (χ4n) is 1.88. The van der Waals surface area contributed by atoms with Gasteiger partial charge in [-0.05, 0) is 31.0 Å². The predicted molar refractivity (Wildman–Crippen MR) is 74.3 cm³/mol. The van der Waals surface area contributed by atoms with Gasteiger partial charge in [0.2, 0.25) is 0 Å². The summed E-state index contributed by atoms with van der Waals surface area (Å²) in [4.78, 5) is 29.6. The first-order chi connectivity index (χ1) is 10.0. The van der Waals surface area contributed by atoms with Crippen molar-refractivity contribution in [3.05, 3.63) is 51.8 Å². The van der Waals surface area contributed by atoms with Gasteiger partial charge in [0, 0.05) is 12.0 Å². The van der Waals surface area contributed by atoms with Crippen LogP contribution >= 0.6 is 11.8 Å². The zero-order chi connectivity index (χ0) is 15.0. The minimum Gasteiger partial charge on any atom is -0.478 e. The van der Waals surface area contributed by atoms with Gasteiger partial charge in [0.25, 0.3) is 5.56 Å². The molecule has 2 N–H and O–H groups in total. The van der Waals surface area contributed by atoms with Gasteiger partial charge in [-0.15, -0.1) is 0 Å². The van der Waals surface area contributed by atoms with Crippen LogP contribution in [-0.4, -0.2) is 21.0 Å². The summed E-state index contributed by atoms with van der Waals surface area (Å²) in [5.74, 6) is -0.789. The fraction of sp³-hybridized carbons (Fsp3) is 0.214. The number of nitrogens with one attached hydrogen (secondary N) is 1. The molecular formula is C14H11FN2O3S. The van der Waals surface area contributed by atoms with Crippen molar-refractivity contribution >= 4 is 17.7 Å². The van der Waals surface area contributed by atoms with Crippen molar-refractivity contribution in [2.24, 2.45) is 0 Å². The van der Waals surface area contributed by atoms with Gasteiger partial charge in [0.05, 0.1) is 10.5 Å². The lowest BCUT2D eigenvalue weighted by Crippen LogP contribution is -2.10. The van der Waals surface area contributed by atoms with Gasteiger partial charge in [-0.3, -0.25) is 4.79 Å². The van der Waals surface area contributed by atoms with E-state index in [0.717, 1.165) is 30.7 Å². The van der Waals surface area contributed by atoms with E-state index in [0.29, 0.717) is 10.9 Å². The molecule has 108 valence electrons. The Labute approximate surface area is 123 Å². The molecule has 0 atom stereocenters. The highest BCUT2D eigenvalue weighted by atomic mass is 32.2. The average molecular weight is 306 g/mol. The average Bonchev–Trinajstić information content (AvgIpc) is 3.24. The first-order valence-electron chi connectivity index (χ1n) is 6.35. The van der Waals surface area contributed by atoms with Crippen molar-refractivity contribution in [3.63, 3.8) is 0 Å². The molecule has 2 aromatic rings. The number of carboxylic acids is 1. The quantitative estimate of drug-likeness (QED) is 0.848. The Hall–Kier alpha value is -2.15. The maximum Gasteiger partial charge on any atom is 0.335 e. The minimum absolute atomic E-state index is 0.00819. The number of aromatic carboxylic acids is 1. The van der Waals surface area contributed by atoms with Crippen molar-refractivity contribution in [1.29, 1.82) is 0 Å². The molecule has 0 bridgehead atoms. The molecule has 0 saturated heterocycles. The summed E-state index contributed by atoms with van der Waals surface area (Å²) < 4.78 is 13.8. The number of benzene rings is 1. The third-order valence-corrected chi connectivity index (χ3v) is 4.04. The first kappa shape index (κ1) is 13.8. The van der Waals surface area contributed by atoms with E-state index in [4.69, 9.17) is 5.11 Å². The van der Waals surface area contributed by atoms with Gasteiger partial charge in [0.1, 0.15) is 16.7 Å². The van der Waals surface area contributed by atoms with E-state index >= 15 is 0 Å². The molecule has 3 rings (SSSR count). The third-order valence-electron chi connectivity index (χ3n) is 3.09. The Balaban J connectivity index is 1.94. The number of aromatic amines is 1. The van der Waals surface area contributed by atoms with E-state index in [-0.39, 0.29) is 21.9 Å². The number of H-pyrrole nitrogens is 1. The molecule has 1 aliphatic rings. The molecule has 21 heavy (non-hydrogen) atoms. The summed E-state index contributed by atoms with van der Waals surface area (Å²) >= 11 is 0.950. The van der Waals surface area contributed by atoms with Crippen LogP contribution in [0.4, 0.5) is 4.39 Å². The maximum atomic E-state index is 13.8. The van der Waals surface area contributed by atoms with E-state index in [1.807, 2.05) is 0 Å². The van der Waals surface area contributed by atoms with Crippen LogP contribution in [0.25, 0.3) is 0 Å². The first-order valence-corrected chi connectivity index (χ1v) is 7.16. The van der Waals surface area contributed by atoms with Crippen LogP contribution in [0, 0.1) is 5.82 Å². The largest absolute Gasteiger partial charge is 0.478 e. The predicted octanol–water partition coefficient (Wildman–Crippen LogP) is 2.64. The monoisotopic (exact) mass is 306 g/mol. The molecule has 1 fully saturated rings. The third kappa shape index (κ3) is 3.13. The highest BCUT2D eigenvalue weighted by molar-refractivity contribution is 7.99. The van der Waals surface area contributed by atoms with Crippen LogP contribution in [-0.2, 0) is 0 Å². The molecular weight excluding hydrogens is 295 g/mol. The van der Waals surface area contributed by atoms with Crippen LogP contribution < -0.4 is 5.56 Å². The topological polar surface area (TPSA) is 83.0 Å². The Morgan fingerprint density at radius 3 is 2.81 bits per heavy atom. The summed E-state index contributed by atoms with van der Waals surface area (Å²) in [5.41, 5.74) is -0.296. The summed E-state index contributed by atoms with van der Waals surface area (Å²) in [7, 11) is 0.